The number of carbonyl (C=O) groups is 1. The molecule has 0 radical (unpaired) electrons. The van der Waals surface area contributed by atoms with Gasteiger partial charge >= 0.3 is 5.97 Å². The maximum absolute atomic E-state index is 10.8. The van der Waals surface area contributed by atoms with Crippen molar-refractivity contribution in [1.29, 1.82) is 0 Å². The standard InChI is InChI=1S/C13H16O4/c1-13(2,3)8-4-5-9-10(6-8)16-7-11(17-9)12(14)15/h4-6,11H,7H2,1-3H3,(H,14,15)/t11-/m0/s1. The molecule has 92 valence electrons. The van der Waals surface area contributed by atoms with E-state index in [0.717, 1.165) is 5.56 Å². The molecular formula is C13H16O4. The number of ether oxygens (including phenoxy) is 2. The summed E-state index contributed by atoms with van der Waals surface area (Å²) in [5.41, 5.74) is 1.16. The fourth-order valence-electron chi connectivity index (χ4n) is 1.66. The van der Waals surface area contributed by atoms with E-state index in [1.54, 1.807) is 6.07 Å². The molecule has 1 heterocycles. The summed E-state index contributed by atoms with van der Waals surface area (Å²) >= 11 is 0. The number of fused-ring (bicyclic) bond motifs is 1. The van der Waals surface area contributed by atoms with Crippen LogP contribution >= 0.6 is 0 Å². The quantitative estimate of drug-likeness (QED) is 0.812. The molecule has 1 aliphatic rings. The van der Waals surface area contributed by atoms with Crippen LogP contribution < -0.4 is 9.47 Å². The van der Waals surface area contributed by atoms with Crippen molar-refractivity contribution in [2.75, 3.05) is 6.61 Å². The minimum absolute atomic E-state index is 0.0298. The number of benzene rings is 1. The minimum atomic E-state index is -1.00. The number of hydrogen-bond donors (Lipinski definition) is 1. The maximum atomic E-state index is 10.8. The summed E-state index contributed by atoms with van der Waals surface area (Å²) in [5.74, 6) is 0.113. The van der Waals surface area contributed by atoms with Crippen LogP contribution in [0.3, 0.4) is 0 Å². The lowest BCUT2D eigenvalue weighted by Crippen LogP contribution is -2.36. The van der Waals surface area contributed by atoms with Crippen LogP contribution in [0, 0.1) is 0 Å². The van der Waals surface area contributed by atoms with Crippen LogP contribution in [0.1, 0.15) is 26.3 Å². The van der Waals surface area contributed by atoms with Gasteiger partial charge in [0.1, 0.15) is 6.61 Å². The molecule has 2 rings (SSSR count). The van der Waals surface area contributed by atoms with E-state index in [-0.39, 0.29) is 12.0 Å². The van der Waals surface area contributed by atoms with Gasteiger partial charge in [-0.15, -0.1) is 0 Å². The number of aliphatic carboxylic acids is 1. The number of carboxylic acid groups (broad SMARTS) is 1. The van der Waals surface area contributed by atoms with Crippen molar-refractivity contribution in [1.82, 2.24) is 0 Å². The molecule has 0 bridgehead atoms. The molecular weight excluding hydrogens is 220 g/mol. The zero-order valence-corrected chi connectivity index (χ0v) is 10.2. The van der Waals surface area contributed by atoms with E-state index in [9.17, 15) is 4.79 Å². The Bertz CT molecular complexity index is 445. The third-order valence-electron chi connectivity index (χ3n) is 2.74. The molecule has 1 N–H and O–H groups in total. The second kappa shape index (κ2) is 3.95. The van der Waals surface area contributed by atoms with Crippen molar-refractivity contribution in [3.8, 4) is 11.5 Å². The van der Waals surface area contributed by atoms with Crippen molar-refractivity contribution in [2.45, 2.75) is 32.3 Å². The molecule has 0 spiro atoms. The van der Waals surface area contributed by atoms with Gasteiger partial charge in [-0.2, -0.15) is 0 Å². The lowest BCUT2D eigenvalue weighted by molar-refractivity contribution is -0.147. The lowest BCUT2D eigenvalue weighted by Gasteiger charge is -2.26. The summed E-state index contributed by atoms with van der Waals surface area (Å²) in [6, 6.07) is 5.62. The number of carboxylic acids is 1. The van der Waals surface area contributed by atoms with Gasteiger partial charge in [0.25, 0.3) is 0 Å². The molecule has 0 saturated heterocycles. The number of hydrogen-bond acceptors (Lipinski definition) is 3. The van der Waals surface area contributed by atoms with Crippen LogP contribution in [0.5, 0.6) is 11.5 Å². The lowest BCUT2D eigenvalue weighted by atomic mass is 9.87. The molecule has 0 aromatic heterocycles. The van der Waals surface area contributed by atoms with Crippen molar-refractivity contribution in [3.05, 3.63) is 23.8 Å². The fraction of sp³-hybridized carbons (Fsp3) is 0.462. The largest absolute Gasteiger partial charge is 0.485 e. The first-order chi connectivity index (χ1) is 7.88. The molecule has 1 aliphatic heterocycles. The Kier molecular flexibility index (Phi) is 2.73. The van der Waals surface area contributed by atoms with Gasteiger partial charge in [0.15, 0.2) is 11.5 Å². The second-order valence-electron chi connectivity index (χ2n) is 5.17. The van der Waals surface area contributed by atoms with Crippen LogP contribution in [-0.2, 0) is 10.2 Å². The predicted molar refractivity (Wildman–Crippen MR) is 62.7 cm³/mol. The molecule has 0 amide bonds. The first kappa shape index (κ1) is 11.8. The molecule has 17 heavy (non-hydrogen) atoms. The van der Waals surface area contributed by atoms with E-state index in [1.807, 2.05) is 12.1 Å². The van der Waals surface area contributed by atoms with Crippen molar-refractivity contribution >= 4 is 5.97 Å². The molecule has 1 aromatic rings. The molecule has 4 nitrogen and oxygen atoms in total. The van der Waals surface area contributed by atoms with Crippen LogP contribution in [0.2, 0.25) is 0 Å². The summed E-state index contributed by atoms with van der Waals surface area (Å²) in [6.45, 7) is 6.38. The van der Waals surface area contributed by atoms with Gasteiger partial charge in [-0.3, -0.25) is 0 Å². The van der Waals surface area contributed by atoms with E-state index in [4.69, 9.17) is 14.6 Å². The van der Waals surface area contributed by atoms with E-state index < -0.39 is 12.1 Å². The average molecular weight is 236 g/mol. The number of rotatable bonds is 1. The third-order valence-corrected chi connectivity index (χ3v) is 2.74. The van der Waals surface area contributed by atoms with Gasteiger partial charge in [0.05, 0.1) is 0 Å². The Morgan fingerprint density at radius 2 is 2.06 bits per heavy atom. The second-order valence-corrected chi connectivity index (χ2v) is 5.17. The predicted octanol–water partition coefficient (Wildman–Crippen LogP) is 2.21. The fourth-order valence-corrected chi connectivity index (χ4v) is 1.66. The zero-order valence-electron chi connectivity index (χ0n) is 10.2. The molecule has 1 aromatic carbocycles. The SMILES string of the molecule is CC(C)(C)c1ccc2c(c1)OC[C@@H](C(=O)O)O2. The first-order valence-electron chi connectivity index (χ1n) is 5.55. The summed E-state index contributed by atoms with van der Waals surface area (Å²) in [4.78, 5) is 10.8. The maximum Gasteiger partial charge on any atom is 0.348 e. The van der Waals surface area contributed by atoms with E-state index in [2.05, 4.69) is 20.8 Å². The molecule has 1 atom stereocenters. The Balaban J connectivity index is 2.29. The summed E-state index contributed by atoms with van der Waals surface area (Å²) in [7, 11) is 0. The third kappa shape index (κ3) is 2.35. The van der Waals surface area contributed by atoms with Gasteiger partial charge in [-0.25, -0.2) is 4.79 Å². The van der Waals surface area contributed by atoms with Gasteiger partial charge in [0.2, 0.25) is 6.10 Å². The molecule has 4 heteroatoms. The molecule has 0 saturated carbocycles. The van der Waals surface area contributed by atoms with Crippen molar-refractivity contribution in [3.63, 3.8) is 0 Å². The van der Waals surface area contributed by atoms with Gasteiger partial charge in [-0.05, 0) is 23.1 Å². The highest BCUT2D eigenvalue weighted by molar-refractivity contribution is 5.73. The monoisotopic (exact) mass is 236 g/mol. The highest BCUT2D eigenvalue weighted by Gasteiger charge is 2.28. The zero-order chi connectivity index (χ0) is 12.6. The highest BCUT2D eigenvalue weighted by Crippen LogP contribution is 2.36. The van der Waals surface area contributed by atoms with Gasteiger partial charge < -0.3 is 14.6 Å². The highest BCUT2D eigenvalue weighted by atomic mass is 16.6. The summed E-state index contributed by atoms with van der Waals surface area (Å²) < 4.78 is 10.8. The van der Waals surface area contributed by atoms with E-state index >= 15 is 0 Å². The minimum Gasteiger partial charge on any atom is -0.485 e. The summed E-state index contributed by atoms with van der Waals surface area (Å²) in [5, 5.41) is 8.84. The Morgan fingerprint density at radius 3 is 2.65 bits per heavy atom. The topological polar surface area (TPSA) is 55.8 Å². The van der Waals surface area contributed by atoms with Crippen LogP contribution in [0.25, 0.3) is 0 Å². The van der Waals surface area contributed by atoms with Crippen molar-refractivity contribution in [2.24, 2.45) is 0 Å². The Morgan fingerprint density at radius 1 is 1.35 bits per heavy atom. The Labute approximate surface area is 100 Å². The van der Waals surface area contributed by atoms with E-state index in [0.29, 0.717) is 11.5 Å². The van der Waals surface area contributed by atoms with Crippen molar-refractivity contribution < 1.29 is 19.4 Å². The van der Waals surface area contributed by atoms with Gasteiger partial charge in [0, 0.05) is 0 Å². The van der Waals surface area contributed by atoms with Crippen LogP contribution in [-0.4, -0.2) is 23.8 Å². The van der Waals surface area contributed by atoms with E-state index in [1.165, 1.54) is 0 Å². The summed E-state index contributed by atoms with van der Waals surface area (Å²) in [6.07, 6.45) is -0.914. The Hall–Kier alpha value is -1.71. The normalized spacial score (nSPS) is 18.9. The first-order valence-corrected chi connectivity index (χ1v) is 5.55. The van der Waals surface area contributed by atoms with Gasteiger partial charge in [-0.1, -0.05) is 26.8 Å². The molecule has 0 fully saturated rings. The van der Waals surface area contributed by atoms with Crippen LogP contribution in [0.15, 0.2) is 18.2 Å². The average Bonchev–Trinajstić information content (AvgIpc) is 2.26. The molecule has 0 unspecified atom stereocenters. The van der Waals surface area contributed by atoms with Crippen LogP contribution in [0.4, 0.5) is 0 Å². The molecule has 0 aliphatic carbocycles. The smallest absolute Gasteiger partial charge is 0.348 e.